The molecule has 0 bridgehead atoms. The molecule has 1 aliphatic heterocycles. The number of halogens is 4. The zero-order chi connectivity index (χ0) is 33.7. The molecule has 47 heavy (non-hydrogen) atoms. The molecule has 0 spiro atoms. The molecule has 2 saturated carbocycles. The van der Waals surface area contributed by atoms with Crippen LogP contribution in [0.1, 0.15) is 54.2 Å². The number of amides is 2. The van der Waals surface area contributed by atoms with Crippen molar-refractivity contribution in [2.75, 3.05) is 19.8 Å². The number of carbonyl (C=O) groups is 2. The number of hydrogen-bond donors (Lipinski definition) is 4. The van der Waals surface area contributed by atoms with Gasteiger partial charge in [-0.15, -0.1) is 0 Å². The minimum absolute atomic E-state index is 0.0145. The van der Waals surface area contributed by atoms with E-state index in [9.17, 15) is 37.4 Å². The van der Waals surface area contributed by atoms with E-state index in [0.29, 0.717) is 12.8 Å². The second-order valence-corrected chi connectivity index (χ2v) is 12.3. The van der Waals surface area contributed by atoms with Gasteiger partial charge >= 0.3 is 6.18 Å². The number of pyridine rings is 1. The first-order chi connectivity index (χ1) is 22.2. The number of aromatic nitrogens is 1. The number of benzene rings is 2. The van der Waals surface area contributed by atoms with Gasteiger partial charge in [0.25, 0.3) is 5.91 Å². The lowest BCUT2D eigenvalue weighted by atomic mass is 9.76. The number of nitrogens with zero attached hydrogens (tertiary/aromatic N) is 1. The molecule has 14 heteroatoms. The molecule has 2 fully saturated rings. The van der Waals surface area contributed by atoms with Crippen molar-refractivity contribution in [1.29, 1.82) is 0 Å². The first-order valence-corrected chi connectivity index (χ1v) is 15.2. The summed E-state index contributed by atoms with van der Waals surface area (Å²) >= 11 is 0. The van der Waals surface area contributed by atoms with Crippen molar-refractivity contribution < 1.29 is 51.6 Å². The Morgan fingerprint density at radius 1 is 1.11 bits per heavy atom. The van der Waals surface area contributed by atoms with Crippen LogP contribution in [0.4, 0.5) is 17.6 Å². The third-order valence-corrected chi connectivity index (χ3v) is 8.63. The van der Waals surface area contributed by atoms with Crippen LogP contribution in [0.3, 0.4) is 0 Å². The van der Waals surface area contributed by atoms with Crippen molar-refractivity contribution in [2.24, 2.45) is 11.7 Å². The van der Waals surface area contributed by atoms with Crippen molar-refractivity contribution in [3.63, 3.8) is 0 Å². The fourth-order valence-corrected chi connectivity index (χ4v) is 5.69. The molecule has 0 radical (unpaired) electrons. The lowest BCUT2D eigenvalue weighted by Crippen LogP contribution is -2.52. The molecule has 2 heterocycles. The van der Waals surface area contributed by atoms with Crippen LogP contribution < -0.4 is 25.3 Å². The van der Waals surface area contributed by atoms with E-state index in [0.717, 1.165) is 31.0 Å². The number of rotatable bonds is 12. The number of primary amides is 1. The van der Waals surface area contributed by atoms with Gasteiger partial charge in [-0.3, -0.25) is 9.59 Å². The maximum atomic E-state index is 14.9. The Morgan fingerprint density at radius 2 is 1.81 bits per heavy atom. The SMILES string of the molecule is C[C@@H](O)COc1ccc(C(=O)NC[C@](O)(c2cc3c(c(-c4ccc(F)cc4)n2)OC[C@@]3(C(N)=O)C2CC2)C(F)(F)F)cc1OC1CC1. The van der Waals surface area contributed by atoms with Crippen LogP contribution in [0.2, 0.25) is 0 Å². The van der Waals surface area contributed by atoms with Crippen LogP contribution in [0.5, 0.6) is 17.2 Å². The number of hydrogen-bond acceptors (Lipinski definition) is 8. The number of nitrogens with one attached hydrogen (secondary N) is 1. The summed E-state index contributed by atoms with van der Waals surface area (Å²) in [4.78, 5) is 30.3. The molecule has 6 rings (SSSR count). The molecule has 2 aromatic carbocycles. The largest absolute Gasteiger partial charge is 0.489 e. The topological polar surface area (TPSA) is 153 Å². The summed E-state index contributed by atoms with van der Waals surface area (Å²) in [6.07, 6.45) is -3.52. The molecule has 3 atom stereocenters. The first kappa shape index (κ1) is 32.5. The maximum Gasteiger partial charge on any atom is 0.424 e. The van der Waals surface area contributed by atoms with E-state index in [2.05, 4.69) is 10.3 Å². The molecule has 10 nitrogen and oxygen atoms in total. The van der Waals surface area contributed by atoms with Gasteiger partial charge in [-0.2, -0.15) is 13.2 Å². The van der Waals surface area contributed by atoms with Crippen molar-refractivity contribution in [1.82, 2.24) is 10.3 Å². The second-order valence-electron chi connectivity index (χ2n) is 12.3. The smallest absolute Gasteiger partial charge is 0.424 e. The van der Waals surface area contributed by atoms with E-state index in [1.807, 2.05) is 0 Å². The molecule has 1 aromatic heterocycles. The predicted octanol–water partition coefficient (Wildman–Crippen LogP) is 3.89. The third kappa shape index (κ3) is 6.19. The summed E-state index contributed by atoms with van der Waals surface area (Å²) < 4.78 is 75.6. The minimum atomic E-state index is -5.37. The Bertz CT molecular complexity index is 1690. The van der Waals surface area contributed by atoms with Crippen LogP contribution in [-0.2, 0) is 15.8 Å². The molecule has 5 N–H and O–H groups in total. The van der Waals surface area contributed by atoms with E-state index >= 15 is 0 Å². The average molecular weight is 660 g/mol. The number of alkyl halides is 3. The van der Waals surface area contributed by atoms with Crippen molar-refractivity contribution in [3.05, 3.63) is 71.2 Å². The molecular formula is C33H33F4N3O7. The molecule has 2 amide bonds. The molecular weight excluding hydrogens is 626 g/mol. The van der Waals surface area contributed by atoms with Gasteiger partial charge in [-0.05, 0) is 87.1 Å². The van der Waals surface area contributed by atoms with Gasteiger partial charge in [0.15, 0.2) is 11.5 Å². The van der Waals surface area contributed by atoms with E-state index in [1.165, 1.54) is 37.3 Å². The zero-order valence-electron chi connectivity index (χ0n) is 25.3. The highest BCUT2D eigenvalue weighted by molar-refractivity contribution is 5.95. The Labute approximate surface area is 266 Å². The van der Waals surface area contributed by atoms with Gasteiger partial charge < -0.3 is 35.5 Å². The van der Waals surface area contributed by atoms with Crippen LogP contribution in [0.15, 0.2) is 48.5 Å². The van der Waals surface area contributed by atoms with Gasteiger partial charge in [-0.1, -0.05) is 0 Å². The normalized spacial score (nSPS) is 20.8. The lowest BCUT2D eigenvalue weighted by Gasteiger charge is -2.32. The molecule has 0 saturated heterocycles. The van der Waals surface area contributed by atoms with Crippen LogP contribution in [0, 0.1) is 11.7 Å². The fourth-order valence-electron chi connectivity index (χ4n) is 5.69. The average Bonchev–Trinajstić information content (AvgIpc) is 3.97. The summed E-state index contributed by atoms with van der Waals surface area (Å²) in [5, 5.41) is 23.1. The first-order valence-electron chi connectivity index (χ1n) is 15.2. The summed E-state index contributed by atoms with van der Waals surface area (Å²) in [7, 11) is 0. The van der Waals surface area contributed by atoms with Gasteiger partial charge in [0.05, 0.1) is 24.4 Å². The maximum absolute atomic E-state index is 14.9. The van der Waals surface area contributed by atoms with Gasteiger partial charge in [0.2, 0.25) is 11.5 Å². The number of ether oxygens (including phenoxy) is 3. The Hall–Kier alpha value is -4.43. The molecule has 3 aliphatic rings. The number of fused-ring (bicyclic) bond motifs is 1. The number of nitrogens with two attached hydrogens (primary N) is 1. The van der Waals surface area contributed by atoms with Crippen molar-refractivity contribution in [2.45, 2.75) is 62.0 Å². The van der Waals surface area contributed by atoms with Gasteiger partial charge in [0.1, 0.15) is 35.9 Å². The fraction of sp³-hybridized carbons (Fsp3) is 0.424. The summed E-state index contributed by atoms with van der Waals surface area (Å²) in [5.41, 5.74) is -0.276. The molecule has 250 valence electrons. The minimum Gasteiger partial charge on any atom is -0.489 e. The van der Waals surface area contributed by atoms with Crippen LogP contribution >= 0.6 is 0 Å². The van der Waals surface area contributed by atoms with E-state index in [-0.39, 0.29) is 64.9 Å². The van der Waals surface area contributed by atoms with E-state index in [1.54, 1.807) is 0 Å². The van der Waals surface area contributed by atoms with Gasteiger partial charge in [0, 0.05) is 16.7 Å². The van der Waals surface area contributed by atoms with Crippen molar-refractivity contribution in [3.8, 4) is 28.5 Å². The third-order valence-electron chi connectivity index (χ3n) is 8.63. The van der Waals surface area contributed by atoms with E-state index in [4.69, 9.17) is 19.9 Å². The van der Waals surface area contributed by atoms with E-state index < -0.39 is 53.2 Å². The molecule has 3 aromatic rings. The zero-order valence-corrected chi connectivity index (χ0v) is 25.3. The summed E-state index contributed by atoms with van der Waals surface area (Å²) in [6.45, 7) is -0.111. The van der Waals surface area contributed by atoms with Crippen molar-refractivity contribution >= 4 is 11.8 Å². The highest BCUT2D eigenvalue weighted by Gasteiger charge is 2.60. The Morgan fingerprint density at radius 3 is 2.40 bits per heavy atom. The highest BCUT2D eigenvalue weighted by atomic mass is 19.4. The standard InChI is InChI=1S/C33H33F4N3O7/c1-17(41)14-45-24-11-4-19(12-25(24)47-22-9-10-22)29(42)39-15-32(44,33(35,36)37)26-13-23-28(27(40-26)18-2-7-21(34)8-3-18)46-16-31(23,30(38)43)20-5-6-20/h2-4,7-8,11-13,17,20,22,41,44H,5-6,9-10,14-16H2,1H3,(H2,38,43)(H,39,42)/t17-,31-,32+/m1/s1. The lowest BCUT2D eigenvalue weighted by molar-refractivity contribution is -0.265. The van der Waals surface area contributed by atoms with Crippen LogP contribution in [0.25, 0.3) is 11.3 Å². The monoisotopic (exact) mass is 659 g/mol. The quantitative estimate of drug-likeness (QED) is 0.214. The molecule has 2 aliphatic carbocycles. The highest BCUT2D eigenvalue weighted by Crippen LogP contribution is 2.56. The van der Waals surface area contributed by atoms with Gasteiger partial charge in [-0.25, -0.2) is 9.37 Å². The summed E-state index contributed by atoms with van der Waals surface area (Å²) in [6, 6.07) is 9.75. The predicted molar refractivity (Wildman–Crippen MR) is 158 cm³/mol. The second kappa shape index (κ2) is 12.0. The van der Waals surface area contributed by atoms with Crippen LogP contribution in [-0.4, -0.2) is 65.2 Å². The summed E-state index contributed by atoms with van der Waals surface area (Å²) in [5.74, 6) is -2.21. The Balaban J connectivity index is 1.37. The number of aliphatic hydroxyl groups excluding tert-OH is 1. The Kier molecular flexibility index (Phi) is 8.29. The number of aliphatic hydroxyl groups is 2. The molecule has 0 unspecified atom stereocenters. The number of carbonyl (C=O) groups excluding carboxylic acids is 2.